The maximum atomic E-state index is 13.5. The van der Waals surface area contributed by atoms with E-state index in [1.54, 1.807) is 12.1 Å². The van der Waals surface area contributed by atoms with Gasteiger partial charge in [-0.15, -0.1) is 0 Å². The lowest BCUT2D eigenvalue weighted by molar-refractivity contribution is -0.140. The molecule has 2 saturated heterocycles. The molecule has 2 heterocycles. The van der Waals surface area contributed by atoms with E-state index in [2.05, 4.69) is 15.9 Å². The van der Waals surface area contributed by atoms with Crippen LogP contribution < -0.4 is 4.74 Å². The number of aromatic hydroxyl groups is 1. The number of rotatable bonds is 9. The van der Waals surface area contributed by atoms with Gasteiger partial charge in [-0.2, -0.15) is 0 Å². The number of likely N-dealkylation sites (tertiary alicyclic amines) is 1. The lowest BCUT2D eigenvalue weighted by atomic mass is 9.58. The van der Waals surface area contributed by atoms with Gasteiger partial charge in [-0.05, 0) is 86.3 Å². The lowest BCUT2D eigenvalue weighted by Gasteiger charge is -2.43. The van der Waals surface area contributed by atoms with E-state index < -0.39 is 25.1 Å². The first-order valence-electron chi connectivity index (χ1n) is 14.0. The van der Waals surface area contributed by atoms with E-state index >= 15 is 0 Å². The zero-order valence-electron chi connectivity index (χ0n) is 22.9. The van der Waals surface area contributed by atoms with Crippen LogP contribution in [0.15, 0.2) is 69.7 Å². The number of hydrogen-bond acceptors (Lipinski definition) is 6. The summed E-state index contributed by atoms with van der Waals surface area (Å²) in [6, 6.07) is 14.8. The average Bonchev–Trinajstić information content (AvgIpc) is 3.17. The van der Waals surface area contributed by atoms with E-state index in [1.807, 2.05) is 56.3 Å². The highest BCUT2D eigenvalue weighted by Gasteiger charge is 2.57. The van der Waals surface area contributed by atoms with Gasteiger partial charge in [0.15, 0.2) is 0 Å². The standard InChI is InChI=1S/C31H35BBrNO6/c1-3-13-34-30(36)24-16-21(18-39-23-7-5-4-6-8-23)28-25(29(24)31(34)37)17-32(38)40-27(28)12-9-19(2)14-20-15-22(33)10-11-26(20)35/h4-8,10-11,14-15,24-25,27,29,35,38H,3,9,12-13,16-18H2,1-2H3/b19-14+/t24-,25+,27-,29-/m1/s1. The fraction of sp³-hybridized carbons (Fsp3) is 0.419. The molecule has 40 heavy (non-hydrogen) atoms. The van der Waals surface area contributed by atoms with Crippen molar-refractivity contribution < 1.29 is 29.1 Å². The number of carbonyl (C=O) groups is 2. The molecular formula is C31H35BBrNO6. The molecule has 5 rings (SSSR count). The number of para-hydroxylation sites is 1. The normalized spacial score (nSPS) is 24.9. The molecule has 0 bridgehead atoms. The van der Waals surface area contributed by atoms with Crippen LogP contribution in [0.3, 0.4) is 0 Å². The van der Waals surface area contributed by atoms with Gasteiger partial charge in [-0.25, -0.2) is 0 Å². The first kappa shape index (κ1) is 28.6. The molecule has 0 saturated carbocycles. The Morgan fingerprint density at radius 1 is 1.18 bits per heavy atom. The third-order valence-corrected chi connectivity index (χ3v) is 8.69. The Labute approximate surface area is 244 Å². The van der Waals surface area contributed by atoms with Crippen molar-refractivity contribution in [2.75, 3.05) is 13.2 Å². The topological polar surface area (TPSA) is 96.3 Å². The minimum Gasteiger partial charge on any atom is -0.507 e. The SMILES string of the molecule is CCCN1C(=O)[C@@H]2[C@@H](CC(COc3ccccc3)=C3[C@@H](CC/C(C)=C/c4cc(Br)ccc4O)OB(O)C[C@@H]32)C1=O. The van der Waals surface area contributed by atoms with Crippen molar-refractivity contribution in [3.05, 3.63) is 75.3 Å². The van der Waals surface area contributed by atoms with E-state index in [9.17, 15) is 19.7 Å². The molecule has 9 heteroatoms. The number of allylic oxidation sites excluding steroid dienone is 1. The molecule has 1 aliphatic carbocycles. The van der Waals surface area contributed by atoms with Crippen LogP contribution in [0.1, 0.15) is 45.1 Å². The molecule has 2 aliphatic heterocycles. The third kappa shape index (κ3) is 5.92. The number of hydrogen-bond donors (Lipinski definition) is 2. The Kier molecular flexibility index (Phi) is 8.83. The van der Waals surface area contributed by atoms with Gasteiger partial charge < -0.3 is 19.5 Å². The molecule has 2 N–H and O–H groups in total. The fourth-order valence-corrected chi connectivity index (χ4v) is 6.81. The number of carbonyl (C=O) groups excluding carboxylic acids is 2. The second-order valence-electron chi connectivity index (χ2n) is 11.0. The van der Waals surface area contributed by atoms with E-state index in [0.717, 1.165) is 32.5 Å². The highest BCUT2D eigenvalue weighted by Crippen LogP contribution is 2.50. The van der Waals surface area contributed by atoms with E-state index in [4.69, 9.17) is 9.39 Å². The van der Waals surface area contributed by atoms with Crippen molar-refractivity contribution in [3.8, 4) is 11.5 Å². The van der Waals surface area contributed by atoms with Crippen LogP contribution in [-0.4, -0.2) is 53.2 Å². The van der Waals surface area contributed by atoms with E-state index in [-0.39, 0.29) is 29.8 Å². The molecule has 0 spiro atoms. The van der Waals surface area contributed by atoms with Crippen LogP contribution in [0.2, 0.25) is 6.32 Å². The maximum Gasteiger partial charge on any atom is 0.455 e. The van der Waals surface area contributed by atoms with Crippen LogP contribution in [0.4, 0.5) is 0 Å². The second-order valence-corrected chi connectivity index (χ2v) is 11.9. The van der Waals surface area contributed by atoms with Gasteiger partial charge in [0.25, 0.3) is 0 Å². The third-order valence-electron chi connectivity index (χ3n) is 8.20. The van der Waals surface area contributed by atoms with Gasteiger partial charge in [0.05, 0.1) is 17.9 Å². The monoisotopic (exact) mass is 607 g/mol. The smallest absolute Gasteiger partial charge is 0.455 e. The number of ether oxygens (including phenoxy) is 1. The van der Waals surface area contributed by atoms with Gasteiger partial charge >= 0.3 is 7.12 Å². The van der Waals surface area contributed by atoms with Crippen molar-refractivity contribution >= 4 is 40.9 Å². The summed E-state index contributed by atoms with van der Waals surface area (Å²) in [5.41, 5.74) is 3.75. The molecule has 2 aromatic rings. The van der Waals surface area contributed by atoms with Crippen LogP contribution in [-0.2, 0) is 14.2 Å². The zero-order valence-corrected chi connectivity index (χ0v) is 24.5. The summed E-state index contributed by atoms with van der Waals surface area (Å²) in [5.74, 6) is -0.501. The predicted octanol–water partition coefficient (Wildman–Crippen LogP) is 5.62. The van der Waals surface area contributed by atoms with Gasteiger partial charge in [0.1, 0.15) is 18.1 Å². The molecule has 2 fully saturated rings. The van der Waals surface area contributed by atoms with Gasteiger partial charge in [0, 0.05) is 16.6 Å². The van der Waals surface area contributed by atoms with Crippen LogP contribution >= 0.6 is 15.9 Å². The zero-order chi connectivity index (χ0) is 28.4. The van der Waals surface area contributed by atoms with Gasteiger partial charge in [0.2, 0.25) is 11.8 Å². The van der Waals surface area contributed by atoms with Crippen molar-refractivity contribution in [2.24, 2.45) is 17.8 Å². The fourth-order valence-electron chi connectivity index (χ4n) is 6.43. The minimum absolute atomic E-state index is 0.113. The summed E-state index contributed by atoms with van der Waals surface area (Å²) in [7, 11) is -1.02. The quantitative estimate of drug-likeness (QED) is 0.218. The summed E-state index contributed by atoms with van der Waals surface area (Å²) >= 11 is 3.45. The molecule has 2 aromatic carbocycles. The van der Waals surface area contributed by atoms with E-state index in [0.29, 0.717) is 38.8 Å². The molecular weight excluding hydrogens is 573 g/mol. The summed E-state index contributed by atoms with van der Waals surface area (Å²) in [6.45, 7) is 4.68. The molecule has 7 nitrogen and oxygen atoms in total. The summed E-state index contributed by atoms with van der Waals surface area (Å²) < 4.78 is 13.1. The number of phenolic OH excluding ortho intramolecular Hbond substituents is 1. The Morgan fingerprint density at radius 2 is 1.95 bits per heavy atom. The number of benzene rings is 2. The maximum absolute atomic E-state index is 13.5. The predicted molar refractivity (Wildman–Crippen MR) is 157 cm³/mol. The van der Waals surface area contributed by atoms with Crippen molar-refractivity contribution in [1.82, 2.24) is 4.90 Å². The highest BCUT2D eigenvalue weighted by atomic mass is 79.9. The summed E-state index contributed by atoms with van der Waals surface area (Å²) in [4.78, 5) is 28.3. The van der Waals surface area contributed by atoms with Crippen molar-refractivity contribution in [2.45, 2.75) is 52.0 Å². The second kappa shape index (κ2) is 12.3. The average molecular weight is 608 g/mol. The number of phenols is 1. The number of halogens is 1. The number of nitrogens with zero attached hydrogens (tertiary/aromatic N) is 1. The molecule has 0 unspecified atom stereocenters. The van der Waals surface area contributed by atoms with Crippen molar-refractivity contribution in [3.63, 3.8) is 0 Å². The Morgan fingerprint density at radius 3 is 2.70 bits per heavy atom. The molecule has 0 aromatic heterocycles. The highest BCUT2D eigenvalue weighted by molar-refractivity contribution is 9.10. The summed E-state index contributed by atoms with van der Waals surface area (Å²) in [6.07, 6.45) is 4.23. The lowest BCUT2D eigenvalue weighted by Crippen LogP contribution is -2.46. The molecule has 3 aliphatic rings. The Bertz CT molecular complexity index is 1330. The number of imide groups is 1. The molecule has 4 atom stereocenters. The van der Waals surface area contributed by atoms with E-state index in [1.165, 1.54) is 4.90 Å². The van der Waals surface area contributed by atoms with Crippen LogP contribution in [0.25, 0.3) is 6.08 Å². The summed E-state index contributed by atoms with van der Waals surface area (Å²) in [5, 5.41) is 21.0. The molecule has 2 amide bonds. The Hall–Kier alpha value is -2.88. The first-order valence-corrected chi connectivity index (χ1v) is 14.8. The Balaban J connectivity index is 1.44. The molecule has 0 radical (unpaired) electrons. The van der Waals surface area contributed by atoms with Crippen molar-refractivity contribution in [1.29, 1.82) is 0 Å². The number of amides is 2. The van der Waals surface area contributed by atoms with Gasteiger partial charge in [-0.3, -0.25) is 14.5 Å². The number of fused-ring (bicyclic) bond motifs is 3. The van der Waals surface area contributed by atoms with Gasteiger partial charge in [-0.1, -0.05) is 52.7 Å². The largest absolute Gasteiger partial charge is 0.507 e. The minimum atomic E-state index is -1.02. The van der Waals surface area contributed by atoms with Crippen LogP contribution in [0, 0.1) is 17.8 Å². The molecule has 210 valence electrons. The van der Waals surface area contributed by atoms with Crippen LogP contribution in [0.5, 0.6) is 11.5 Å². The first-order chi connectivity index (χ1) is 19.3.